The van der Waals surface area contributed by atoms with Crippen molar-refractivity contribution in [3.05, 3.63) is 0 Å². The number of rotatable bonds is 13. The molecule has 0 fully saturated rings. The molecule has 5 heteroatoms. The van der Waals surface area contributed by atoms with Crippen LogP contribution in [0.2, 0.25) is 0 Å². The van der Waals surface area contributed by atoms with Crippen molar-refractivity contribution >= 4 is 12.1 Å². The van der Waals surface area contributed by atoms with Crippen LogP contribution in [0.5, 0.6) is 0 Å². The summed E-state index contributed by atoms with van der Waals surface area (Å²) in [4.78, 5) is 23.9. The van der Waals surface area contributed by atoms with Gasteiger partial charge in [-0.15, -0.1) is 0 Å². The summed E-state index contributed by atoms with van der Waals surface area (Å²) in [5.41, 5.74) is 0. The number of esters is 1. The third-order valence-corrected chi connectivity index (χ3v) is 3.92. The minimum atomic E-state index is -0.635. The van der Waals surface area contributed by atoms with Crippen LogP contribution in [-0.4, -0.2) is 31.3 Å². The van der Waals surface area contributed by atoms with Gasteiger partial charge in [0.05, 0.1) is 13.2 Å². The molecule has 0 heterocycles. The van der Waals surface area contributed by atoms with Gasteiger partial charge in [-0.25, -0.2) is 9.59 Å². The normalized spacial score (nSPS) is 13.2. The van der Waals surface area contributed by atoms with Gasteiger partial charge in [-0.3, -0.25) is 0 Å². The molecule has 1 N–H and O–H groups in total. The molecule has 0 aromatic heterocycles. The zero-order valence-corrected chi connectivity index (χ0v) is 15.4. The Labute approximate surface area is 141 Å². The summed E-state index contributed by atoms with van der Waals surface area (Å²) in [6.07, 6.45) is 7.86. The summed E-state index contributed by atoms with van der Waals surface area (Å²) in [6.45, 7) is 8.80. The Bertz CT molecular complexity index is 320. The molecule has 0 aliphatic carbocycles. The highest BCUT2D eigenvalue weighted by molar-refractivity contribution is 5.81. The van der Waals surface area contributed by atoms with Gasteiger partial charge in [0.2, 0.25) is 0 Å². The Balaban J connectivity index is 4.13. The van der Waals surface area contributed by atoms with E-state index in [-0.39, 0.29) is 11.9 Å². The van der Waals surface area contributed by atoms with Crippen molar-refractivity contribution in [1.29, 1.82) is 0 Å². The second kappa shape index (κ2) is 14.3. The fraction of sp³-hybridized carbons (Fsp3) is 0.889. The average molecular weight is 329 g/mol. The fourth-order valence-corrected chi connectivity index (χ4v) is 2.18. The lowest BCUT2D eigenvalue weighted by Crippen LogP contribution is -2.46. The van der Waals surface area contributed by atoms with Crippen molar-refractivity contribution in [1.82, 2.24) is 5.32 Å². The Hall–Kier alpha value is -1.26. The number of unbranched alkanes of at least 4 members (excludes halogenated alkanes) is 5. The molecule has 0 rings (SSSR count). The molecule has 0 radical (unpaired) electrons. The lowest BCUT2D eigenvalue weighted by Gasteiger charge is -2.22. The Morgan fingerprint density at radius 2 is 1.52 bits per heavy atom. The first-order chi connectivity index (χ1) is 11.1. The Morgan fingerprint density at radius 1 is 0.870 bits per heavy atom. The summed E-state index contributed by atoms with van der Waals surface area (Å²) in [5, 5.41) is 2.64. The molecule has 0 saturated carbocycles. The number of alkyl carbamates (subject to hydrolysis) is 1. The number of carbonyl (C=O) groups is 2. The minimum Gasteiger partial charge on any atom is -0.464 e. The molecule has 2 atom stereocenters. The average Bonchev–Trinajstić information content (AvgIpc) is 2.56. The largest absolute Gasteiger partial charge is 0.464 e. The van der Waals surface area contributed by atoms with Gasteiger partial charge in [-0.2, -0.15) is 0 Å². The number of hydrogen-bond donors (Lipinski definition) is 1. The monoisotopic (exact) mass is 329 g/mol. The fourth-order valence-electron chi connectivity index (χ4n) is 2.18. The molecule has 0 spiro atoms. The smallest absolute Gasteiger partial charge is 0.407 e. The van der Waals surface area contributed by atoms with Crippen molar-refractivity contribution in [3.8, 4) is 0 Å². The molecule has 0 aliphatic heterocycles. The molecule has 23 heavy (non-hydrogen) atoms. The predicted molar refractivity (Wildman–Crippen MR) is 92.4 cm³/mol. The van der Waals surface area contributed by atoms with E-state index in [1.807, 2.05) is 20.8 Å². The maximum absolute atomic E-state index is 12.2. The highest BCUT2D eigenvalue weighted by atomic mass is 16.6. The van der Waals surface area contributed by atoms with E-state index in [4.69, 9.17) is 9.47 Å². The predicted octanol–water partition coefficient (Wildman–Crippen LogP) is 4.44. The minimum absolute atomic E-state index is 0.0150. The number of carbonyl (C=O) groups excluding carboxylic acids is 2. The maximum atomic E-state index is 12.2. The summed E-state index contributed by atoms with van der Waals surface area (Å²) in [6, 6.07) is -0.635. The zero-order valence-electron chi connectivity index (χ0n) is 15.4. The van der Waals surface area contributed by atoms with E-state index in [0.717, 1.165) is 25.7 Å². The van der Waals surface area contributed by atoms with E-state index in [0.29, 0.717) is 13.2 Å². The first-order valence-corrected chi connectivity index (χ1v) is 9.16. The van der Waals surface area contributed by atoms with Gasteiger partial charge in [0.15, 0.2) is 0 Å². The standard InChI is InChI=1S/C18H35NO4/c1-5-8-9-10-11-12-14-22-17(20)16(15(4)7-3)19-18(21)23-13-6-2/h15-16H,5-14H2,1-4H3,(H,19,21). The Morgan fingerprint density at radius 3 is 2.13 bits per heavy atom. The van der Waals surface area contributed by atoms with Crippen LogP contribution < -0.4 is 5.32 Å². The van der Waals surface area contributed by atoms with Crippen molar-refractivity contribution in [2.75, 3.05) is 13.2 Å². The third kappa shape index (κ3) is 11.0. The van der Waals surface area contributed by atoms with Crippen molar-refractivity contribution in [2.24, 2.45) is 5.92 Å². The van der Waals surface area contributed by atoms with Crippen molar-refractivity contribution in [3.63, 3.8) is 0 Å². The highest BCUT2D eigenvalue weighted by Crippen LogP contribution is 2.11. The Kier molecular flexibility index (Phi) is 13.6. The molecule has 1 amide bonds. The van der Waals surface area contributed by atoms with Gasteiger partial charge in [-0.1, -0.05) is 66.2 Å². The number of amides is 1. The molecule has 5 nitrogen and oxygen atoms in total. The van der Waals surface area contributed by atoms with Crippen molar-refractivity contribution in [2.45, 2.75) is 85.1 Å². The van der Waals surface area contributed by atoms with Gasteiger partial charge >= 0.3 is 12.1 Å². The van der Waals surface area contributed by atoms with E-state index in [2.05, 4.69) is 12.2 Å². The maximum Gasteiger partial charge on any atom is 0.407 e. The van der Waals surface area contributed by atoms with Gasteiger partial charge in [0.25, 0.3) is 0 Å². The van der Waals surface area contributed by atoms with E-state index in [1.165, 1.54) is 25.7 Å². The zero-order chi connectivity index (χ0) is 17.5. The van der Waals surface area contributed by atoms with Gasteiger partial charge in [-0.05, 0) is 18.8 Å². The quantitative estimate of drug-likeness (QED) is 0.401. The summed E-state index contributed by atoms with van der Waals surface area (Å²) < 4.78 is 10.3. The third-order valence-electron chi connectivity index (χ3n) is 3.92. The van der Waals surface area contributed by atoms with Gasteiger partial charge in [0, 0.05) is 0 Å². The molecule has 0 aliphatic rings. The molecular weight excluding hydrogens is 294 g/mol. The van der Waals surface area contributed by atoms with Crippen LogP contribution in [0.25, 0.3) is 0 Å². The SMILES string of the molecule is CCCCCCCCOC(=O)C(NC(=O)OCCC)C(C)CC. The topological polar surface area (TPSA) is 64.6 Å². The second-order valence-electron chi connectivity index (χ2n) is 6.08. The second-order valence-corrected chi connectivity index (χ2v) is 6.08. The summed E-state index contributed by atoms with van der Waals surface area (Å²) >= 11 is 0. The molecule has 0 saturated heterocycles. The highest BCUT2D eigenvalue weighted by Gasteiger charge is 2.27. The van der Waals surface area contributed by atoms with Crippen LogP contribution in [0.1, 0.15) is 79.1 Å². The van der Waals surface area contributed by atoms with Gasteiger partial charge in [0.1, 0.15) is 6.04 Å². The molecule has 0 bridgehead atoms. The summed E-state index contributed by atoms with van der Waals surface area (Å²) in [5.74, 6) is -0.345. The van der Waals surface area contributed by atoms with Gasteiger partial charge < -0.3 is 14.8 Å². The summed E-state index contributed by atoms with van der Waals surface area (Å²) in [7, 11) is 0. The molecule has 0 aromatic rings. The molecular formula is C18H35NO4. The number of ether oxygens (including phenoxy) is 2. The number of hydrogen-bond acceptors (Lipinski definition) is 4. The van der Waals surface area contributed by atoms with Crippen LogP contribution in [0.3, 0.4) is 0 Å². The van der Waals surface area contributed by atoms with E-state index in [1.54, 1.807) is 0 Å². The molecule has 0 aromatic carbocycles. The van der Waals surface area contributed by atoms with E-state index >= 15 is 0 Å². The van der Waals surface area contributed by atoms with E-state index in [9.17, 15) is 9.59 Å². The first-order valence-electron chi connectivity index (χ1n) is 9.16. The van der Waals surface area contributed by atoms with Crippen LogP contribution >= 0.6 is 0 Å². The molecule has 136 valence electrons. The molecule has 2 unspecified atom stereocenters. The van der Waals surface area contributed by atoms with Crippen LogP contribution in [0.15, 0.2) is 0 Å². The van der Waals surface area contributed by atoms with Crippen molar-refractivity contribution < 1.29 is 19.1 Å². The first kappa shape index (κ1) is 21.7. The number of nitrogens with one attached hydrogen (secondary N) is 1. The lowest BCUT2D eigenvalue weighted by atomic mass is 9.99. The van der Waals surface area contributed by atoms with E-state index < -0.39 is 12.1 Å². The van der Waals surface area contributed by atoms with Crippen LogP contribution in [-0.2, 0) is 14.3 Å². The van der Waals surface area contributed by atoms with Crippen LogP contribution in [0, 0.1) is 5.92 Å². The lowest BCUT2D eigenvalue weighted by molar-refractivity contribution is -0.147. The van der Waals surface area contributed by atoms with Crippen LogP contribution in [0.4, 0.5) is 4.79 Å².